The molecule has 4 rings (SSSR count). The second-order valence-corrected chi connectivity index (χ2v) is 5.54. The van der Waals surface area contributed by atoms with Crippen molar-refractivity contribution in [3.05, 3.63) is 53.9 Å². The second kappa shape index (κ2) is 5.42. The highest BCUT2D eigenvalue weighted by Gasteiger charge is 2.18. The van der Waals surface area contributed by atoms with E-state index in [1.807, 2.05) is 37.3 Å². The molecule has 0 aliphatic carbocycles. The maximum absolute atomic E-state index is 12.6. The number of ether oxygens (including phenoxy) is 1. The lowest BCUT2D eigenvalue weighted by atomic mass is 10.1. The van der Waals surface area contributed by atoms with Gasteiger partial charge in [0.05, 0.1) is 18.8 Å². The van der Waals surface area contributed by atoms with Gasteiger partial charge in [0, 0.05) is 28.1 Å². The Kier molecular flexibility index (Phi) is 3.23. The summed E-state index contributed by atoms with van der Waals surface area (Å²) in [4.78, 5) is 12.6. The first-order valence-electron chi connectivity index (χ1n) is 7.47. The molecule has 0 fully saturated rings. The van der Waals surface area contributed by atoms with Gasteiger partial charge in [0.25, 0.3) is 5.91 Å². The number of aryl methyl sites for hydroxylation is 1. The van der Waals surface area contributed by atoms with Crippen LogP contribution in [-0.4, -0.2) is 23.2 Å². The molecular formula is C18H15N3O3. The minimum absolute atomic E-state index is 0.290. The van der Waals surface area contributed by atoms with Gasteiger partial charge in [-0.2, -0.15) is 5.10 Å². The summed E-state index contributed by atoms with van der Waals surface area (Å²) in [5.74, 6) is 0.692. The van der Waals surface area contributed by atoms with Crippen LogP contribution in [0.15, 0.2) is 47.0 Å². The van der Waals surface area contributed by atoms with Crippen LogP contribution < -0.4 is 10.1 Å². The van der Waals surface area contributed by atoms with Crippen molar-refractivity contribution in [2.45, 2.75) is 6.92 Å². The zero-order valence-corrected chi connectivity index (χ0v) is 13.2. The predicted octanol–water partition coefficient (Wildman–Crippen LogP) is 3.88. The number of hydrogen-bond acceptors (Lipinski definition) is 4. The molecule has 120 valence electrons. The summed E-state index contributed by atoms with van der Waals surface area (Å²) >= 11 is 0. The average molecular weight is 321 g/mol. The van der Waals surface area contributed by atoms with Crippen LogP contribution >= 0.6 is 0 Å². The van der Waals surface area contributed by atoms with Crippen LogP contribution in [0.2, 0.25) is 0 Å². The topological polar surface area (TPSA) is 80.1 Å². The second-order valence-electron chi connectivity index (χ2n) is 5.54. The third kappa shape index (κ3) is 2.28. The molecular weight excluding hydrogens is 306 g/mol. The van der Waals surface area contributed by atoms with Crippen molar-refractivity contribution >= 4 is 33.5 Å². The average Bonchev–Trinajstić information content (AvgIpc) is 3.18. The Bertz CT molecular complexity index is 1060. The molecule has 24 heavy (non-hydrogen) atoms. The van der Waals surface area contributed by atoms with E-state index in [0.29, 0.717) is 22.8 Å². The molecule has 1 amide bonds. The molecule has 0 aliphatic rings. The molecule has 0 saturated heterocycles. The van der Waals surface area contributed by atoms with E-state index >= 15 is 0 Å². The Morgan fingerprint density at radius 2 is 2.12 bits per heavy atom. The normalized spacial score (nSPS) is 11.1. The van der Waals surface area contributed by atoms with Crippen molar-refractivity contribution in [2.75, 3.05) is 12.4 Å². The van der Waals surface area contributed by atoms with Gasteiger partial charge in [-0.3, -0.25) is 9.89 Å². The van der Waals surface area contributed by atoms with E-state index in [-0.39, 0.29) is 5.91 Å². The third-order valence-corrected chi connectivity index (χ3v) is 4.05. The van der Waals surface area contributed by atoms with Crippen molar-refractivity contribution in [2.24, 2.45) is 0 Å². The van der Waals surface area contributed by atoms with Crippen LogP contribution in [0.25, 0.3) is 21.9 Å². The lowest BCUT2D eigenvalue weighted by Crippen LogP contribution is -2.12. The van der Waals surface area contributed by atoms with E-state index in [1.165, 1.54) is 0 Å². The zero-order valence-electron chi connectivity index (χ0n) is 13.2. The molecule has 2 N–H and O–H groups in total. The molecule has 0 spiro atoms. The van der Waals surface area contributed by atoms with Crippen molar-refractivity contribution in [3.8, 4) is 5.75 Å². The fourth-order valence-corrected chi connectivity index (χ4v) is 2.75. The summed E-state index contributed by atoms with van der Waals surface area (Å²) in [6.45, 7) is 1.87. The number of anilines is 1. The van der Waals surface area contributed by atoms with Gasteiger partial charge in [-0.15, -0.1) is 0 Å². The highest BCUT2D eigenvalue weighted by Crippen LogP contribution is 2.29. The summed E-state index contributed by atoms with van der Waals surface area (Å²) in [5, 5.41) is 11.6. The first-order chi connectivity index (χ1) is 11.7. The number of carbonyl (C=O) groups excluding carboxylic acids is 1. The number of hydrogen-bond donors (Lipinski definition) is 2. The summed E-state index contributed by atoms with van der Waals surface area (Å²) in [5.41, 5.74) is 2.96. The monoisotopic (exact) mass is 321 g/mol. The predicted molar refractivity (Wildman–Crippen MR) is 91.5 cm³/mol. The quantitative estimate of drug-likeness (QED) is 0.600. The van der Waals surface area contributed by atoms with Crippen LogP contribution in [0, 0.1) is 6.92 Å². The van der Waals surface area contributed by atoms with Crippen LogP contribution in [0.3, 0.4) is 0 Å². The SMILES string of the molecule is COc1ccc2c(C)c(C(=O)Nc3ccc4cn[nH]c4c3)oc2c1. The Morgan fingerprint density at radius 1 is 1.25 bits per heavy atom. The van der Waals surface area contributed by atoms with E-state index in [9.17, 15) is 4.79 Å². The van der Waals surface area contributed by atoms with E-state index in [4.69, 9.17) is 9.15 Å². The lowest BCUT2D eigenvalue weighted by Gasteiger charge is -2.03. The number of rotatable bonds is 3. The summed E-state index contributed by atoms with van der Waals surface area (Å²) < 4.78 is 10.9. The Hall–Kier alpha value is -3.28. The number of H-pyrrole nitrogens is 1. The van der Waals surface area contributed by atoms with Crippen LogP contribution in [-0.2, 0) is 0 Å². The third-order valence-electron chi connectivity index (χ3n) is 4.05. The van der Waals surface area contributed by atoms with Crippen LogP contribution in [0.5, 0.6) is 5.75 Å². The Labute approximate surface area is 137 Å². The van der Waals surface area contributed by atoms with Gasteiger partial charge < -0.3 is 14.5 Å². The highest BCUT2D eigenvalue weighted by atomic mass is 16.5. The molecule has 0 atom stereocenters. The maximum atomic E-state index is 12.6. The van der Waals surface area contributed by atoms with Crippen molar-refractivity contribution < 1.29 is 13.9 Å². The van der Waals surface area contributed by atoms with Gasteiger partial charge >= 0.3 is 0 Å². The van der Waals surface area contributed by atoms with E-state index < -0.39 is 0 Å². The van der Waals surface area contributed by atoms with E-state index in [0.717, 1.165) is 21.9 Å². The number of furan rings is 1. The minimum atomic E-state index is -0.290. The first kappa shape index (κ1) is 14.3. The number of benzene rings is 2. The van der Waals surface area contributed by atoms with Gasteiger partial charge in [-0.1, -0.05) is 0 Å². The molecule has 6 heteroatoms. The number of amides is 1. The van der Waals surface area contributed by atoms with Gasteiger partial charge in [-0.05, 0) is 37.3 Å². The molecule has 0 bridgehead atoms. The van der Waals surface area contributed by atoms with Gasteiger partial charge in [-0.25, -0.2) is 0 Å². The van der Waals surface area contributed by atoms with E-state index in [2.05, 4.69) is 15.5 Å². The molecule has 0 aliphatic heterocycles. The fraction of sp³-hybridized carbons (Fsp3) is 0.111. The molecule has 0 saturated carbocycles. The van der Waals surface area contributed by atoms with Crippen molar-refractivity contribution in [3.63, 3.8) is 0 Å². The number of nitrogens with one attached hydrogen (secondary N) is 2. The first-order valence-corrected chi connectivity index (χ1v) is 7.47. The number of carbonyl (C=O) groups is 1. The highest BCUT2D eigenvalue weighted by molar-refractivity contribution is 6.07. The van der Waals surface area contributed by atoms with Gasteiger partial charge in [0.15, 0.2) is 5.76 Å². The number of aromatic amines is 1. The zero-order chi connectivity index (χ0) is 16.7. The maximum Gasteiger partial charge on any atom is 0.291 e. The number of aromatic nitrogens is 2. The fourth-order valence-electron chi connectivity index (χ4n) is 2.75. The largest absolute Gasteiger partial charge is 0.497 e. The summed E-state index contributed by atoms with van der Waals surface area (Å²) in [6.07, 6.45) is 1.73. The summed E-state index contributed by atoms with van der Waals surface area (Å²) in [6, 6.07) is 11.1. The molecule has 0 radical (unpaired) electrons. The Morgan fingerprint density at radius 3 is 2.96 bits per heavy atom. The van der Waals surface area contributed by atoms with Crippen molar-refractivity contribution in [1.82, 2.24) is 10.2 Å². The number of fused-ring (bicyclic) bond motifs is 2. The molecule has 2 aromatic carbocycles. The van der Waals surface area contributed by atoms with E-state index in [1.54, 1.807) is 19.4 Å². The molecule has 2 heterocycles. The molecule has 2 aromatic heterocycles. The van der Waals surface area contributed by atoms with Gasteiger partial charge in [0.1, 0.15) is 11.3 Å². The number of methoxy groups -OCH3 is 1. The minimum Gasteiger partial charge on any atom is -0.497 e. The smallest absolute Gasteiger partial charge is 0.291 e. The van der Waals surface area contributed by atoms with Gasteiger partial charge in [0.2, 0.25) is 0 Å². The molecule has 0 unspecified atom stereocenters. The standard InChI is InChI=1S/C18H15N3O3/c1-10-14-6-5-13(23-2)8-16(14)24-17(10)18(22)20-12-4-3-11-9-19-21-15(11)7-12/h3-9H,1-2H3,(H,19,21)(H,20,22). The summed E-state index contributed by atoms with van der Waals surface area (Å²) in [7, 11) is 1.59. The van der Waals surface area contributed by atoms with Crippen molar-refractivity contribution in [1.29, 1.82) is 0 Å². The molecule has 6 nitrogen and oxygen atoms in total. The van der Waals surface area contributed by atoms with Crippen LogP contribution in [0.1, 0.15) is 16.1 Å². The molecule has 4 aromatic rings. The number of nitrogens with zero attached hydrogens (tertiary/aromatic N) is 1. The lowest BCUT2D eigenvalue weighted by molar-refractivity contribution is 0.0998. The Balaban J connectivity index is 1.68. The van der Waals surface area contributed by atoms with Crippen LogP contribution in [0.4, 0.5) is 5.69 Å².